The number of carbonyl (C=O) groups is 2. The number of aliphatic carboxylic acids is 1. The smallest absolute Gasteiger partial charge is 0.326 e. The summed E-state index contributed by atoms with van der Waals surface area (Å²) >= 11 is 0. The monoisotopic (exact) mass is 354 g/mol. The minimum absolute atomic E-state index is 0.0233. The highest BCUT2D eigenvalue weighted by molar-refractivity contribution is 5.83. The van der Waals surface area contributed by atoms with Gasteiger partial charge < -0.3 is 15.3 Å². The Morgan fingerprint density at radius 3 is 2.00 bits per heavy atom. The molecule has 5 heteroatoms. The van der Waals surface area contributed by atoms with Crippen LogP contribution in [0.25, 0.3) is 0 Å². The van der Waals surface area contributed by atoms with Crippen LogP contribution in [-0.4, -0.2) is 40.6 Å². The predicted octanol–water partition coefficient (Wildman–Crippen LogP) is 3.35. The number of carbonyl (C=O) groups excluding carboxylic acids is 1. The molecule has 2 rings (SSSR count). The lowest BCUT2D eigenvalue weighted by Gasteiger charge is -2.28. The lowest BCUT2D eigenvalue weighted by Crippen LogP contribution is -2.51. The molecule has 0 saturated heterocycles. The normalized spacial score (nSPS) is 11.8. The number of nitrogens with one attached hydrogen (secondary N) is 1. The molecule has 0 spiro atoms. The summed E-state index contributed by atoms with van der Waals surface area (Å²) in [7, 11) is 0. The van der Waals surface area contributed by atoms with Crippen LogP contribution in [0, 0.1) is 0 Å². The van der Waals surface area contributed by atoms with E-state index in [0.29, 0.717) is 6.54 Å². The largest absolute Gasteiger partial charge is 0.480 e. The zero-order valence-corrected chi connectivity index (χ0v) is 15.3. The molecule has 0 heterocycles. The topological polar surface area (TPSA) is 69.6 Å². The van der Waals surface area contributed by atoms with Crippen LogP contribution < -0.4 is 5.32 Å². The third-order valence-electron chi connectivity index (χ3n) is 4.25. The van der Waals surface area contributed by atoms with Gasteiger partial charge in [-0.1, -0.05) is 60.7 Å². The fourth-order valence-electron chi connectivity index (χ4n) is 2.77. The molecule has 26 heavy (non-hydrogen) atoms. The minimum atomic E-state index is -1.03. The van der Waals surface area contributed by atoms with Gasteiger partial charge in [-0.2, -0.15) is 0 Å². The summed E-state index contributed by atoms with van der Waals surface area (Å²) in [5, 5.41) is 12.1. The van der Waals surface area contributed by atoms with Crippen molar-refractivity contribution in [3.05, 3.63) is 71.8 Å². The van der Waals surface area contributed by atoms with Gasteiger partial charge >= 0.3 is 12.0 Å². The molecule has 0 aliphatic rings. The standard InChI is InChI=1S/C21H26N2O3/c1-16(2)23(14-13-17-9-5-3-6-10-17)21(26)22-19(20(24)25)15-18-11-7-4-8-12-18/h3-12,16,19H,13-15H2,1-2H3,(H,22,26)(H,24,25)/t19-/m0/s1. The van der Waals surface area contributed by atoms with Crippen molar-refractivity contribution >= 4 is 12.0 Å². The Hall–Kier alpha value is -2.82. The first-order valence-corrected chi connectivity index (χ1v) is 8.85. The first-order chi connectivity index (χ1) is 12.5. The Kier molecular flexibility index (Phi) is 7.21. The van der Waals surface area contributed by atoms with Gasteiger partial charge in [-0.25, -0.2) is 9.59 Å². The Morgan fingerprint density at radius 2 is 1.50 bits per heavy atom. The number of rotatable bonds is 8. The minimum Gasteiger partial charge on any atom is -0.480 e. The number of hydrogen-bond donors (Lipinski definition) is 2. The zero-order valence-electron chi connectivity index (χ0n) is 15.3. The Bertz CT molecular complexity index is 702. The summed E-state index contributed by atoms with van der Waals surface area (Å²) < 4.78 is 0. The highest BCUT2D eigenvalue weighted by Gasteiger charge is 2.24. The molecule has 0 radical (unpaired) electrons. The average molecular weight is 354 g/mol. The maximum absolute atomic E-state index is 12.7. The van der Waals surface area contributed by atoms with Crippen LogP contribution >= 0.6 is 0 Å². The lowest BCUT2D eigenvalue weighted by molar-refractivity contribution is -0.139. The van der Waals surface area contributed by atoms with E-state index >= 15 is 0 Å². The van der Waals surface area contributed by atoms with E-state index in [1.54, 1.807) is 4.90 Å². The van der Waals surface area contributed by atoms with Crippen molar-refractivity contribution in [2.45, 2.75) is 38.8 Å². The summed E-state index contributed by atoms with van der Waals surface area (Å²) in [4.78, 5) is 25.9. The number of benzene rings is 2. The SMILES string of the molecule is CC(C)N(CCc1ccccc1)C(=O)N[C@@H](Cc1ccccc1)C(=O)O. The third kappa shape index (κ3) is 5.92. The van der Waals surface area contributed by atoms with E-state index in [0.717, 1.165) is 17.5 Å². The van der Waals surface area contributed by atoms with Gasteiger partial charge in [0.25, 0.3) is 0 Å². The van der Waals surface area contributed by atoms with Gasteiger partial charge in [0, 0.05) is 19.0 Å². The molecule has 2 aromatic carbocycles. The Morgan fingerprint density at radius 1 is 0.962 bits per heavy atom. The van der Waals surface area contributed by atoms with E-state index in [2.05, 4.69) is 5.32 Å². The predicted molar refractivity (Wildman–Crippen MR) is 102 cm³/mol. The zero-order chi connectivity index (χ0) is 18.9. The van der Waals surface area contributed by atoms with Crippen molar-refractivity contribution in [3.8, 4) is 0 Å². The third-order valence-corrected chi connectivity index (χ3v) is 4.25. The number of amides is 2. The molecule has 0 unspecified atom stereocenters. The highest BCUT2D eigenvalue weighted by Crippen LogP contribution is 2.08. The van der Waals surface area contributed by atoms with Crippen molar-refractivity contribution in [2.75, 3.05) is 6.54 Å². The van der Waals surface area contributed by atoms with Gasteiger partial charge in [0.2, 0.25) is 0 Å². The molecule has 0 aliphatic carbocycles. The van der Waals surface area contributed by atoms with Crippen LogP contribution in [0.3, 0.4) is 0 Å². The Labute approximate surface area is 154 Å². The molecule has 2 aromatic rings. The lowest BCUT2D eigenvalue weighted by atomic mass is 10.1. The summed E-state index contributed by atoms with van der Waals surface area (Å²) in [6.45, 7) is 4.39. The number of carboxylic acids is 1. The summed E-state index contributed by atoms with van der Waals surface area (Å²) in [6.07, 6.45) is 0.982. The van der Waals surface area contributed by atoms with Crippen molar-refractivity contribution in [1.82, 2.24) is 10.2 Å². The van der Waals surface area contributed by atoms with Crippen LogP contribution in [0.5, 0.6) is 0 Å². The summed E-state index contributed by atoms with van der Waals surface area (Å²) in [6, 6.07) is 17.9. The Balaban J connectivity index is 2.00. The van der Waals surface area contributed by atoms with Gasteiger partial charge in [0.05, 0.1) is 0 Å². The second kappa shape index (κ2) is 9.61. The molecule has 0 aliphatic heterocycles. The molecular weight excluding hydrogens is 328 g/mol. The second-order valence-corrected chi connectivity index (χ2v) is 6.55. The van der Waals surface area contributed by atoms with Crippen molar-refractivity contribution in [1.29, 1.82) is 0 Å². The second-order valence-electron chi connectivity index (χ2n) is 6.55. The number of carboxylic acid groups (broad SMARTS) is 1. The molecule has 0 aromatic heterocycles. The van der Waals surface area contributed by atoms with Gasteiger partial charge in [0.1, 0.15) is 6.04 Å². The average Bonchev–Trinajstić information content (AvgIpc) is 2.62. The highest BCUT2D eigenvalue weighted by atomic mass is 16.4. The van der Waals surface area contributed by atoms with Crippen molar-refractivity contribution in [2.24, 2.45) is 0 Å². The van der Waals surface area contributed by atoms with Crippen molar-refractivity contribution < 1.29 is 14.7 Å². The van der Waals surface area contributed by atoms with Gasteiger partial charge in [0.15, 0.2) is 0 Å². The van der Waals surface area contributed by atoms with E-state index in [1.807, 2.05) is 74.5 Å². The molecule has 0 bridgehead atoms. The van der Waals surface area contributed by atoms with Gasteiger partial charge in [-0.3, -0.25) is 0 Å². The molecule has 2 N–H and O–H groups in total. The van der Waals surface area contributed by atoms with E-state index in [1.165, 1.54) is 0 Å². The van der Waals surface area contributed by atoms with E-state index in [9.17, 15) is 14.7 Å². The summed E-state index contributed by atoms with van der Waals surface area (Å²) in [5.41, 5.74) is 2.02. The van der Waals surface area contributed by atoms with Crippen LogP contribution in [0.15, 0.2) is 60.7 Å². The fraction of sp³-hybridized carbons (Fsp3) is 0.333. The summed E-state index contributed by atoms with van der Waals surface area (Å²) in [5.74, 6) is -1.03. The first-order valence-electron chi connectivity index (χ1n) is 8.85. The molecule has 138 valence electrons. The van der Waals surface area contributed by atoms with E-state index < -0.39 is 12.0 Å². The molecular formula is C21H26N2O3. The number of hydrogen-bond acceptors (Lipinski definition) is 2. The first kappa shape index (κ1) is 19.5. The number of nitrogens with zero attached hydrogens (tertiary/aromatic N) is 1. The van der Waals surface area contributed by atoms with Crippen LogP contribution in [-0.2, 0) is 17.6 Å². The molecule has 5 nitrogen and oxygen atoms in total. The van der Waals surface area contributed by atoms with Crippen molar-refractivity contribution in [3.63, 3.8) is 0 Å². The fourth-order valence-corrected chi connectivity index (χ4v) is 2.77. The quantitative estimate of drug-likeness (QED) is 0.764. The van der Waals surface area contributed by atoms with Crippen LogP contribution in [0.1, 0.15) is 25.0 Å². The number of urea groups is 1. The van der Waals surface area contributed by atoms with Gasteiger partial charge in [-0.05, 0) is 31.4 Å². The molecule has 0 fully saturated rings. The van der Waals surface area contributed by atoms with Crippen LogP contribution in [0.2, 0.25) is 0 Å². The van der Waals surface area contributed by atoms with E-state index in [-0.39, 0.29) is 18.5 Å². The maximum Gasteiger partial charge on any atom is 0.326 e. The maximum atomic E-state index is 12.7. The molecule has 2 amide bonds. The molecule has 1 atom stereocenters. The van der Waals surface area contributed by atoms with Gasteiger partial charge in [-0.15, -0.1) is 0 Å². The van der Waals surface area contributed by atoms with Crippen LogP contribution in [0.4, 0.5) is 4.79 Å². The molecule has 0 saturated carbocycles. The van der Waals surface area contributed by atoms with E-state index in [4.69, 9.17) is 0 Å².